The number of aromatic nitrogens is 1. The van der Waals surface area contributed by atoms with Gasteiger partial charge in [-0.3, -0.25) is 4.79 Å². The van der Waals surface area contributed by atoms with Gasteiger partial charge in [-0.05, 0) is 31.0 Å². The standard InChI is InChI=1S/C19H24FN3O/c1-3-11-23(12-4-2)18-13-15(9-10-21-18)19(24)22-14-16-7-5-6-8-17(16)20/h5-10,13H,3-4,11-12,14H2,1-2H3,(H,22,24). The van der Waals surface area contributed by atoms with Crippen LogP contribution in [0.2, 0.25) is 0 Å². The monoisotopic (exact) mass is 329 g/mol. The molecule has 5 heteroatoms. The maximum atomic E-state index is 13.6. The lowest BCUT2D eigenvalue weighted by molar-refractivity contribution is 0.0950. The number of hydrogen-bond acceptors (Lipinski definition) is 3. The van der Waals surface area contributed by atoms with Crippen LogP contribution in [0.25, 0.3) is 0 Å². The summed E-state index contributed by atoms with van der Waals surface area (Å²) in [5.74, 6) is 0.261. The Labute approximate surface area is 142 Å². The summed E-state index contributed by atoms with van der Waals surface area (Å²) in [5, 5.41) is 2.76. The molecular formula is C19H24FN3O. The molecule has 1 aromatic heterocycles. The summed E-state index contributed by atoms with van der Waals surface area (Å²) >= 11 is 0. The Hall–Kier alpha value is -2.43. The molecule has 0 saturated heterocycles. The number of amides is 1. The molecule has 24 heavy (non-hydrogen) atoms. The van der Waals surface area contributed by atoms with E-state index >= 15 is 0 Å². The van der Waals surface area contributed by atoms with Gasteiger partial charge < -0.3 is 10.2 Å². The number of rotatable bonds is 8. The second-order valence-corrected chi connectivity index (χ2v) is 5.66. The maximum absolute atomic E-state index is 13.6. The summed E-state index contributed by atoms with van der Waals surface area (Å²) in [6.45, 7) is 6.21. The lowest BCUT2D eigenvalue weighted by atomic mass is 10.2. The van der Waals surface area contributed by atoms with E-state index in [2.05, 4.69) is 29.0 Å². The number of pyridine rings is 1. The highest BCUT2D eigenvalue weighted by Gasteiger charge is 2.11. The number of hydrogen-bond donors (Lipinski definition) is 1. The van der Waals surface area contributed by atoms with Crippen molar-refractivity contribution in [2.75, 3.05) is 18.0 Å². The summed E-state index contributed by atoms with van der Waals surface area (Å²) in [7, 11) is 0. The van der Waals surface area contributed by atoms with Crippen LogP contribution in [0.1, 0.15) is 42.6 Å². The fourth-order valence-corrected chi connectivity index (χ4v) is 2.53. The summed E-state index contributed by atoms with van der Waals surface area (Å²) in [6.07, 6.45) is 3.68. The lowest BCUT2D eigenvalue weighted by Crippen LogP contribution is -2.27. The molecule has 1 amide bonds. The van der Waals surface area contributed by atoms with Crippen LogP contribution in [-0.4, -0.2) is 24.0 Å². The molecular weight excluding hydrogens is 305 g/mol. The van der Waals surface area contributed by atoms with Gasteiger partial charge in [-0.25, -0.2) is 9.37 Å². The number of benzene rings is 1. The first-order valence-electron chi connectivity index (χ1n) is 8.38. The van der Waals surface area contributed by atoms with Crippen LogP contribution in [0.5, 0.6) is 0 Å². The third-order valence-corrected chi connectivity index (χ3v) is 3.72. The van der Waals surface area contributed by atoms with E-state index in [-0.39, 0.29) is 18.3 Å². The first-order valence-corrected chi connectivity index (χ1v) is 8.38. The number of carbonyl (C=O) groups excluding carboxylic acids is 1. The van der Waals surface area contributed by atoms with Crippen molar-refractivity contribution in [3.63, 3.8) is 0 Å². The Morgan fingerprint density at radius 1 is 1.17 bits per heavy atom. The van der Waals surface area contributed by atoms with Crippen molar-refractivity contribution in [1.29, 1.82) is 0 Å². The molecule has 1 heterocycles. The molecule has 1 N–H and O–H groups in total. The number of nitrogens with zero attached hydrogens (tertiary/aromatic N) is 2. The highest BCUT2D eigenvalue weighted by molar-refractivity contribution is 5.94. The first-order chi connectivity index (χ1) is 11.7. The summed E-state index contributed by atoms with van der Waals surface area (Å²) < 4.78 is 13.6. The van der Waals surface area contributed by atoms with Crippen LogP contribution in [-0.2, 0) is 6.54 Å². The van der Waals surface area contributed by atoms with E-state index in [1.54, 1.807) is 36.5 Å². The highest BCUT2D eigenvalue weighted by Crippen LogP contribution is 2.14. The van der Waals surface area contributed by atoms with E-state index in [9.17, 15) is 9.18 Å². The fourth-order valence-electron chi connectivity index (χ4n) is 2.53. The average Bonchev–Trinajstić information content (AvgIpc) is 2.61. The van der Waals surface area contributed by atoms with Gasteiger partial charge in [0.25, 0.3) is 5.91 Å². The van der Waals surface area contributed by atoms with Crippen molar-refractivity contribution in [3.05, 3.63) is 59.5 Å². The van der Waals surface area contributed by atoms with Crippen molar-refractivity contribution < 1.29 is 9.18 Å². The van der Waals surface area contributed by atoms with E-state index in [1.165, 1.54) is 6.07 Å². The molecule has 2 rings (SSSR count). The van der Waals surface area contributed by atoms with Crippen molar-refractivity contribution in [2.24, 2.45) is 0 Å². The van der Waals surface area contributed by atoms with Gasteiger partial charge in [0, 0.05) is 37.0 Å². The molecule has 0 radical (unpaired) electrons. The second-order valence-electron chi connectivity index (χ2n) is 5.66. The van der Waals surface area contributed by atoms with Crippen LogP contribution in [0, 0.1) is 5.82 Å². The van der Waals surface area contributed by atoms with Crippen molar-refractivity contribution in [2.45, 2.75) is 33.2 Å². The third-order valence-electron chi connectivity index (χ3n) is 3.72. The molecule has 0 saturated carbocycles. The predicted octanol–water partition coefficient (Wildman–Crippen LogP) is 3.78. The van der Waals surface area contributed by atoms with Crippen LogP contribution in [0.4, 0.5) is 10.2 Å². The molecule has 0 aliphatic heterocycles. The van der Waals surface area contributed by atoms with Crippen molar-refractivity contribution in [1.82, 2.24) is 10.3 Å². The second kappa shape index (κ2) is 9.01. The Morgan fingerprint density at radius 2 is 1.88 bits per heavy atom. The molecule has 4 nitrogen and oxygen atoms in total. The van der Waals surface area contributed by atoms with Crippen LogP contribution in [0.3, 0.4) is 0 Å². The maximum Gasteiger partial charge on any atom is 0.251 e. The van der Waals surface area contributed by atoms with Gasteiger partial charge in [0.05, 0.1) is 0 Å². The van der Waals surface area contributed by atoms with Crippen LogP contribution >= 0.6 is 0 Å². The van der Waals surface area contributed by atoms with Gasteiger partial charge in [0.2, 0.25) is 0 Å². The SMILES string of the molecule is CCCN(CCC)c1cc(C(=O)NCc2ccccc2F)ccn1. The van der Waals surface area contributed by atoms with E-state index in [0.717, 1.165) is 31.7 Å². The third kappa shape index (κ3) is 4.78. The molecule has 0 fully saturated rings. The van der Waals surface area contributed by atoms with Crippen molar-refractivity contribution >= 4 is 11.7 Å². The predicted molar refractivity (Wildman–Crippen MR) is 94.6 cm³/mol. The number of anilines is 1. The van der Waals surface area contributed by atoms with Crippen LogP contribution in [0.15, 0.2) is 42.6 Å². The quantitative estimate of drug-likeness (QED) is 0.802. The minimum absolute atomic E-state index is 0.163. The van der Waals surface area contributed by atoms with Gasteiger partial charge >= 0.3 is 0 Å². The zero-order valence-electron chi connectivity index (χ0n) is 14.3. The Kier molecular flexibility index (Phi) is 6.73. The van der Waals surface area contributed by atoms with E-state index < -0.39 is 0 Å². The molecule has 0 spiro atoms. The van der Waals surface area contributed by atoms with Crippen LogP contribution < -0.4 is 10.2 Å². The van der Waals surface area contributed by atoms with Gasteiger partial charge in [0.1, 0.15) is 11.6 Å². The normalized spacial score (nSPS) is 10.5. The molecule has 0 unspecified atom stereocenters. The molecule has 0 aliphatic rings. The number of carbonyl (C=O) groups is 1. The van der Waals surface area contributed by atoms with Crippen molar-refractivity contribution in [3.8, 4) is 0 Å². The van der Waals surface area contributed by atoms with Gasteiger partial charge in [-0.1, -0.05) is 32.0 Å². The Balaban J connectivity index is 2.07. The Morgan fingerprint density at radius 3 is 2.54 bits per heavy atom. The average molecular weight is 329 g/mol. The van der Waals surface area contributed by atoms with Gasteiger partial charge in [-0.15, -0.1) is 0 Å². The molecule has 128 valence electrons. The molecule has 0 bridgehead atoms. The zero-order chi connectivity index (χ0) is 17.4. The topological polar surface area (TPSA) is 45.2 Å². The summed E-state index contributed by atoms with van der Waals surface area (Å²) in [4.78, 5) is 18.9. The first kappa shape index (κ1) is 17.9. The zero-order valence-corrected chi connectivity index (χ0v) is 14.3. The molecule has 0 aliphatic carbocycles. The largest absolute Gasteiger partial charge is 0.357 e. The smallest absolute Gasteiger partial charge is 0.251 e. The molecule has 0 atom stereocenters. The highest BCUT2D eigenvalue weighted by atomic mass is 19.1. The minimum Gasteiger partial charge on any atom is -0.357 e. The van der Waals surface area contributed by atoms with Gasteiger partial charge in [-0.2, -0.15) is 0 Å². The Bertz CT molecular complexity index is 669. The minimum atomic E-state index is -0.315. The van der Waals surface area contributed by atoms with Gasteiger partial charge in [0.15, 0.2) is 0 Å². The molecule has 2 aromatic rings. The number of halogens is 1. The molecule has 1 aromatic carbocycles. The van der Waals surface area contributed by atoms with E-state index in [1.807, 2.05) is 0 Å². The fraction of sp³-hybridized carbons (Fsp3) is 0.368. The lowest BCUT2D eigenvalue weighted by Gasteiger charge is -2.22. The van der Waals surface area contributed by atoms with E-state index in [4.69, 9.17) is 0 Å². The summed E-state index contributed by atoms with van der Waals surface area (Å²) in [5.41, 5.74) is 1.01. The summed E-state index contributed by atoms with van der Waals surface area (Å²) in [6, 6.07) is 9.91. The van der Waals surface area contributed by atoms with E-state index in [0.29, 0.717) is 11.1 Å². The number of nitrogens with one attached hydrogen (secondary N) is 1.